The number of methoxy groups -OCH3 is 1. The summed E-state index contributed by atoms with van der Waals surface area (Å²) in [4.78, 5) is 36.4. The highest BCUT2D eigenvalue weighted by Crippen LogP contribution is 2.27. The molecule has 0 spiro atoms. The highest BCUT2D eigenvalue weighted by atomic mass is 35.5. The predicted molar refractivity (Wildman–Crippen MR) is 103 cm³/mol. The molecule has 11 heteroatoms. The van der Waals surface area contributed by atoms with Gasteiger partial charge in [-0.2, -0.15) is 5.10 Å². The van der Waals surface area contributed by atoms with Crippen LogP contribution < -0.4 is 10.1 Å². The summed E-state index contributed by atoms with van der Waals surface area (Å²) in [5.74, 6) is -0.439. The normalized spacial score (nSPS) is 10.5. The number of amides is 2. The van der Waals surface area contributed by atoms with E-state index in [1.54, 1.807) is 12.1 Å². The second kappa shape index (κ2) is 8.70. The Morgan fingerprint density at radius 2 is 2.07 bits per heavy atom. The monoisotopic (exact) mass is 409 g/mol. The molecule has 0 bridgehead atoms. The average Bonchev–Trinajstić information content (AvgIpc) is 2.88. The van der Waals surface area contributed by atoms with Gasteiger partial charge in [-0.1, -0.05) is 11.6 Å². The van der Waals surface area contributed by atoms with Crippen molar-refractivity contribution in [2.75, 3.05) is 26.0 Å². The SMILES string of the molecule is COc1ccc(Cl)cc1NC(=O)CN(C)C(=O)Cn1nc(C)c([N+](=O)[O-])c1C. The van der Waals surface area contributed by atoms with Crippen LogP contribution in [0, 0.1) is 24.0 Å². The molecule has 1 N–H and O–H groups in total. The van der Waals surface area contributed by atoms with Gasteiger partial charge in [0.25, 0.3) is 0 Å². The number of anilines is 1. The largest absolute Gasteiger partial charge is 0.495 e. The molecule has 2 aromatic rings. The molecule has 0 aliphatic rings. The molecule has 10 nitrogen and oxygen atoms in total. The maximum absolute atomic E-state index is 12.4. The fourth-order valence-corrected chi connectivity index (χ4v) is 2.80. The van der Waals surface area contributed by atoms with Crippen molar-refractivity contribution in [2.45, 2.75) is 20.4 Å². The summed E-state index contributed by atoms with van der Waals surface area (Å²) >= 11 is 5.93. The third-order valence-electron chi connectivity index (χ3n) is 4.05. The zero-order valence-corrected chi connectivity index (χ0v) is 16.6. The summed E-state index contributed by atoms with van der Waals surface area (Å²) in [6.45, 7) is 2.58. The molecule has 1 heterocycles. The standard InChI is InChI=1S/C17H20ClN5O5/c1-10-17(23(26)27)11(2)22(20-10)9-16(25)21(3)8-15(24)19-13-7-12(18)5-6-14(13)28-4/h5-7H,8-9H2,1-4H3,(H,19,24). The van der Waals surface area contributed by atoms with E-state index >= 15 is 0 Å². The Kier molecular flexibility index (Phi) is 6.57. The van der Waals surface area contributed by atoms with Gasteiger partial charge in [-0.25, -0.2) is 0 Å². The zero-order valence-electron chi connectivity index (χ0n) is 15.9. The van der Waals surface area contributed by atoms with Gasteiger partial charge >= 0.3 is 5.69 Å². The highest BCUT2D eigenvalue weighted by molar-refractivity contribution is 6.31. The van der Waals surface area contributed by atoms with Crippen LogP contribution >= 0.6 is 11.6 Å². The molecule has 0 aliphatic heterocycles. The third kappa shape index (κ3) is 4.77. The Morgan fingerprint density at radius 1 is 1.39 bits per heavy atom. The lowest BCUT2D eigenvalue weighted by molar-refractivity contribution is -0.386. The number of aryl methyl sites for hydroxylation is 1. The number of halogens is 1. The minimum Gasteiger partial charge on any atom is -0.495 e. The Bertz CT molecular complexity index is 927. The van der Waals surface area contributed by atoms with Crippen LogP contribution in [0.5, 0.6) is 5.75 Å². The molecule has 150 valence electrons. The molecule has 0 fully saturated rings. The van der Waals surface area contributed by atoms with Crippen LogP contribution in [0.15, 0.2) is 18.2 Å². The van der Waals surface area contributed by atoms with Gasteiger partial charge < -0.3 is 15.0 Å². The minimum atomic E-state index is -0.534. The zero-order chi connectivity index (χ0) is 21.0. The first-order valence-corrected chi connectivity index (χ1v) is 8.57. The Hall–Kier alpha value is -3.14. The molecule has 0 radical (unpaired) electrons. The fourth-order valence-electron chi connectivity index (χ4n) is 2.63. The lowest BCUT2D eigenvalue weighted by Crippen LogP contribution is -2.37. The van der Waals surface area contributed by atoms with E-state index in [1.165, 1.54) is 43.7 Å². The number of hydrogen-bond acceptors (Lipinski definition) is 6. The van der Waals surface area contributed by atoms with Crippen LogP contribution in [-0.2, 0) is 16.1 Å². The number of ether oxygens (including phenoxy) is 1. The van der Waals surface area contributed by atoms with Crippen LogP contribution in [0.4, 0.5) is 11.4 Å². The molecule has 28 heavy (non-hydrogen) atoms. The second-order valence-corrected chi connectivity index (χ2v) is 6.51. The molecule has 0 unspecified atom stereocenters. The van der Waals surface area contributed by atoms with Crippen LogP contribution in [0.25, 0.3) is 0 Å². The first kappa shape index (κ1) is 21.2. The second-order valence-electron chi connectivity index (χ2n) is 6.08. The number of nitro groups is 1. The molecule has 1 aromatic carbocycles. The van der Waals surface area contributed by atoms with Gasteiger partial charge in [-0.3, -0.25) is 24.4 Å². The molecule has 2 amide bonds. The Labute approximate surface area is 166 Å². The van der Waals surface area contributed by atoms with Crippen molar-refractivity contribution in [3.63, 3.8) is 0 Å². The van der Waals surface area contributed by atoms with E-state index < -0.39 is 16.7 Å². The van der Waals surface area contributed by atoms with E-state index in [2.05, 4.69) is 10.4 Å². The summed E-state index contributed by atoms with van der Waals surface area (Å²) < 4.78 is 6.41. The summed E-state index contributed by atoms with van der Waals surface area (Å²) in [5.41, 5.74) is 0.761. The molecule has 2 rings (SSSR count). The molecule has 0 saturated carbocycles. The molecule has 0 saturated heterocycles. The van der Waals surface area contributed by atoms with E-state index in [-0.39, 0.29) is 30.2 Å². The Balaban J connectivity index is 2.03. The number of nitrogens with one attached hydrogen (secondary N) is 1. The first-order valence-electron chi connectivity index (χ1n) is 8.19. The maximum Gasteiger partial charge on any atom is 0.312 e. The topological polar surface area (TPSA) is 120 Å². The van der Waals surface area contributed by atoms with Crippen molar-refractivity contribution in [2.24, 2.45) is 0 Å². The van der Waals surface area contributed by atoms with Crippen molar-refractivity contribution in [1.29, 1.82) is 0 Å². The number of aromatic nitrogens is 2. The van der Waals surface area contributed by atoms with Crippen LogP contribution in [0.2, 0.25) is 5.02 Å². The molecule has 1 aromatic heterocycles. The minimum absolute atomic E-state index is 0.124. The third-order valence-corrected chi connectivity index (χ3v) is 4.29. The van der Waals surface area contributed by atoms with E-state index in [1.807, 2.05) is 0 Å². The van der Waals surface area contributed by atoms with E-state index in [4.69, 9.17) is 16.3 Å². The van der Waals surface area contributed by atoms with E-state index in [0.29, 0.717) is 16.5 Å². The van der Waals surface area contributed by atoms with Gasteiger partial charge in [-0.05, 0) is 32.0 Å². The smallest absolute Gasteiger partial charge is 0.312 e. The summed E-state index contributed by atoms with van der Waals surface area (Å²) in [5, 5.41) is 18.1. The summed E-state index contributed by atoms with van der Waals surface area (Å²) in [6, 6.07) is 4.77. The van der Waals surface area contributed by atoms with Crippen LogP contribution in [0.1, 0.15) is 11.4 Å². The molecule has 0 aliphatic carbocycles. The van der Waals surface area contributed by atoms with E-state index in [9.17, 15) is 19.7 Å². The maximum atomic E-state index is 12.4. The number of carbonyl (C=O) groups is 2. The van der Waals surface area contributed by atoms with Gasteiger partial charge in [0, 0.05) is 12.1 Å². The fraction of sp³-hybridized carbons (Fsp3) is 0.353. The van der Waals surface area contributed by atoms with Gasteiger partial charge in [-0.15, -0.1) is 0 Å². The summed E-state index contributed by atoms with van der Waals surface area (Å²) in [6.07, 6.45) is 0. The van der Waals surface area contributed by atoms with Gasteiger partial charge in [0.1, 0.15) is 23.7 Å². The summed E-state index contributed by atoms with van der Waals surface area (Å²) in [7, 11) is 2.92. The van der Waals surface area contributed by atoms with Crippen molar-refractivity contribution in [3.8, 4) is 5.75 Å². The number of carbonyl (C=O) groups excluding carboxylic acids is 2. The van der Waals surface area contributed by atoms with Crippen LogP contribution in [-0.4, -0.2) is 52.1 Å². The highest BCUT2D eigenvalue weighted by Gasteiger charge is 2.24. The molecule has 0 atom stereocenters. The molecular formula is C17H20ClN5O5. The van der Waals surface area contributed by atoms with Gasteiger partial charge in [0.2, 0.25) is 11.8 Å². The first-order chi connectivity index (χ1) is 13.1. The lowest BCUT2D eigenvalue weighted by atomic mass is 10.3. The molecular weight excluding hydrogens is 390 g/mol. The number of likely N-dealkylation sites (N-methyl/N-ethyl adjacent to an activating group) is 1. The Morgan fingerprint density at radius 3 is 2.64 bits per heavy atom. The number of nitrogens with zero attached hydrogens (tertiary/aromatic N) is 4. The van der Waals surface area contributed by atoms with E-state index in [0.717, 1.165) is 0 Å². The van der Waals surface area contributed by atoms with Crippen molar-refractivity contribution < 1.29 is 19.2 Å². The lowest BCUT2D eigenvalue weighted by Gasteiger charge is -2.18. The van der Waals surface area contributed by atoms with Gasteiger partial charge in [0.15, 0.2) is 0 Å². The van der Waals surface area contributed by atoms with Crippen molar-refractivity contribution in [1.82, 2.24) is 14.7 Å². The number of benzene rings is 1. The van der Waals surface area contributed by atoms with Crippen molar-refractivity contribution >= 4 is 34.8 Å². The number of rotatable bonds is 7. The van der Waals surface area contributed by atoms with Crippen LogP contribution in [0.3, 0.4) is 0 Å². The average molecular weight is 410 g/mol. The predicted octanol–water partition coefficient (Wildman–Crippen LogP) is 2.17. The van der Waals surface area contributed by atoms with Crippen molar-refractivity contribution in [3.05, 3.63) is 44.7 Å². The van der Waals surface area contributed by atoms with Gasteiger partial charge in [0.05, 0.1) is 24.3 Å². The quantitative estimate of drug-likeness (QED) is 0.552. The number of hydrogen-bond donors (Lipinski definition) is 1.